The molecule has 2 heterocycles. The van der Waals surface area contributed by atoms with Gasteiger partial charge in [-0.25, -0.2) is 4.98 Å². The number of rotatable bonds is 3. The summed E-state index contributed by atoms with van der Waals surface area (Å²) in [6, 6.07) is 0. The summed E-state index contributed by atoms with van der Waals surface area (Å²) in [5, 5.41) is 0. The number of ether oxygens (including phenoxy) is 1. The van der Waals surface area contributed by atoms with Crippen molar-refractivity contribution in [2.75, 3.05) is 44.7 Å². The van der Waals surface area contributed by atoms with Gasteiger partial charge in [-0.3, -0.25) is 4.79 Å². The van der Waals surface area contributed by atoms with Crippen molar-refractivity contribution in [2.45, 2.75) is 6.92 Å². The Morgan fingerprint density at radius 2 is 2.12 bits per heavy atom. The topological polar surface area (TPSA) is 61.5 Å². The Morgan fingerprint density at radius 1 is 1.41 bits per heavy atom. The lowest BCUT2D eigenvalue weighted by atomic mass is 10.3. The molecule has 1 aliphatic heterocycles. The van der Waals surface area contributed by atoms with Crippen molar-refractivity contribution in [2.24, 2.45) is 0 Å². The minimum absolute atomic E-state index is 0.226. The number of methoxy groups -OCH3 is 1. The quantitative estimate of drug-likeness (QED) is 0.798. The van der Waals surface area contributed by atoms with Crippen molar-refractivity contribution < 1.29 is 4.74 Å². The Balaban J connectivity index is 2.18. The molecular weight excluding hydrogens is 220 g/mol. The molecule has 0 spiro atoms. The second-order valence-corrected chi connectivity index (χ2v) is 4.01. The Morgan fingerprint density at radius 3 is 2.71 bits per heavy atom. The molecular formula is C11H18N4O2. The second kappa shape index (κ2) is 5.18. The molecule has 2 rings (SSSR count). The third-order valence-electron chi connectivity index (χ3n) is 3.11. The van der Waals surface area contributed by atoms with E-state index in [2.05, 4.69) is 26.7 Å². The summed E-state index contributed by atoms with van der Waals surface area (Å²) in [4.78, 5) is 22.8. The van der Waals surface area contributed by atoms with Crippen molar-refractivity contribution in [3.05, 3.63) is 16.7 Å². The SMILES string of the molecule is CCN1CCN(c2nc[nH]c(=O)c2OC)CC1. The Kier molecular flexibility index (Phi) is 3.63. The van der Waals surface area contributed by atoms with E-state index in [0.717, 1.165) is 32.7 Å². The van der Waals surface area contributed by atoms with Crippen LogP contribution >= 0.6 is 0 Å². The molecule has 94 valence electrons. The van der Waals surface area contributed by atoms with Gasteiger partial charge in [-0.1, -0.05) is 6.92 Å². The standard InChI is InChI=1S/C11H18N4O2/c1-3-14-4-6-15(7-5-14)10-9(17-2)11(16)13-8-12-10/h8H,3-7H2,1-2H3,(H,12,13,16). The van der Waals surface area contributed by atoms with Crippen LogP contribution in [0.3, 0.4) is 0 Å². The molecule has 0 saturated carbocycles. The number of hydrogen-bond acceptors (Lipinski definition) is 5. The number of aromatic nitrogens is 2. The number of hydrogen-bond donors (Lipinski definition) is 1. The molecule has 17 heavy (non-hydrogen) atoms. The average Bonchev–Trinajstić information content (AvgIpc) is 2.38. The molecule has 1 N–H and O–H groups in total. The Bertz CT molecular complexity index is 424. The van der Waals surface area contributed by atoms with Crippen LogP contribution in [0.5, 0.6) is 5.75 Å². The molecule has 1 aromatic heterocycles. The summed E-state index contributed by atoms with van der Waals surface area (Å²) in [6.45, 7) is 6.96. The first-order chi connectivity index (χ1) is 8.26. The maximum Gasteiger partial charge on any atom is 0.295 e. The monoisotopic (exact) mass is 238 g/mol. The lowest BCUT2D eigenvalue weighted by molar-refractivity contribution is 0.269. The molecule has 0 unspecified atom stereocenters. The van der Waals surface area contributed by atoms with Crippen LogP contribution in [-0.4, -0.2) is 54.7 Å². The van der Waals surface area contributed by atoms with Crippen molar-refractivity contribution in [1.82, 2.24) is 14.9 Å². The van der Waals surface area contributed by atoms with E-state index in [1.165, 1.54) is 13.4 Å². The van der Waals surface area contributed by atoms with E-state index < -0.39 is 0 Å². The van der Waals surface area contributed by atoms with E-state index in [0.29, 0.717) is 11.6 Å². The molecule has 0 bridgehead atoms. The maximum absolute atomic E-state index is 11.6. The molecule has 0 atom stereocenters. The van der Waals surface area contributed by atoms with Crippen LogP contribution in [0, 0.1) is 0 Å². The van der Waals surface area contributed by atoms with Crippen LogP contribution in [0.1, 0.15) is 6.92 Å². The summed E-state index contributed by atoms with van der Waals surface area (Å²) in [6.07, 6.45) is 1.42. The first-order valence-corrected chi connectivity index (χ1v) is 5.85. The first-order valence-electron chi connectivity index (χ1n) is 5.85. The van der Waals surface area contributed by atoms with Crippen molar-refractivity contribution in [3.63, 3.8) is 0 Å². The maximum atomic E-state index is 11.6. The predicted molar refractivity (Wildman–Crippen MR) is 65.7 cm³/mol. The third-order valence-corrected chi connectivity index (χ3v) is 3.11. The average molecular weight is 238 g/mol. The van der Waals surface area contributed by atoms with E-state index in [-0.39, 0.29) is 5.56 Å². The van der Waals surface area contributed by atoms with Crippen LogP contribution in [0.4, 0.5) is 5.82 Å². The van der Waals surface area contributed by atoms with E-state index in [4.69, 9.17) is 4.74 Å². The van der Waals surface area contributed by atoms with Gasteiger partial charge in [0.25, 0.3) is 5.56 Å². The lowest BCUT2D eigenvalue weighted by Gasteiger charge is -2.34. The predicted octanol–water partition coefficient (Wildman–Crippen LogP) is -0.0796. The van der Waals surface area contributed by atoms with Gasteiger partial charge in [-0.15, -0.1) is 0 Å². The molecule has 1 aromatic rings. The number of aromatic amines is 1. The summed E-state index contributed by atoms with van der Waals surface area (Å²) in [5.74, 6) is 0.949. The molecule has 0 aromatic carbocycles. The summed E-state index contributed by atoms with van der Waals surface area (Å²) in [7, 11) is 1.50. The van der Waals surface area contributed by atoms with Crippen LogP contribution in [0.15, 0.2) is 11.1 Å². The smallest absolute Gasteiger partial charge is 0.295 e. The van der Waals surface area contributed by atoms with Gasteiger partial charge < -0.3 is 19.5 Å². The number of nitrogens with zero attached hydrogens (tertiary/aromatic N) is 3. The van der Waals surface area contributed by atoms with E-state index in [1.54, 1.807) is 0 Å². The van der Waals surface area contributed by atoms with Crippen molar-refractivity contribution in [1.29, 1.82) is 0 Å². The zero-order chi connectivity index (χ0) is 12.3. The lowest BCUT2D eigenvalue weighted by Crippen LogP contribution is -2.46. The highest BCUT2D eigenvalue weighted by Crippen LogP contribution is 2.21. The molecule has 6 nitrogen and oxygen atoms in total. The molecule has 1 saturated heterocycles. The van der Waals surface area contributed by atoms with E-state index in [1.807, 2.05) is 0 Å². The first kappa shape index (κ1) is 11.9. The summed E-state index contributed by atoms with van der Waals surface area (Å²) < 4.78 is 5.12. The van der Waals surface area contributed by atoms with E-state index >= 15 is 0 Å². The van der Waals surface area contributed by atoms with Gasteiger partial charge >= 0.3 is 0 Å². The number of anilines is 1. The van der Waals surface area contributed by atoms with Gasteiger partial charge in [-0.2, -0.15) is 0 Å². The van der Waals surface area contributed by atoms with Crippen LogP contribution < -0.4 is 15.2 Å². The molecule has 0 amide bonds. The van der Waals surface area contributed by atoms with Gasteiger partial charge in [0, 0.05) is 26.2 Å². The minimum atomic E-state index is -0.226. The highest BCUT2D eigenvalue weighted by Gasteiger charge is 2.21. The van der Waals surface area contributed by atoms with Gasteiger partial charge in [0.1, 0.15) is 0 Å². The van der Waals surface area contributed by atoms with Crippen molar-refractivity contribution in [3.8, 4) is 5.75 Å². The third kappa shape index (κ3) is 2.41. The van der Waals surface area contributed by atoms with Crippen LogP contribution in [0.25, 0.3) is 0 Å². The van der Waals surface area contributed by atoms with Gasteiger partial charge in [0.05, 0.1) is 13.4 Å². The molecule has 0 aliphatic carbocycles. The molecule has 1 aliphatic rings. The molecule has 0 radical (unpaired) electrons. The second-order valence-electron chi connectivity index (χ2n) is 4.01. The normalized spacial score (nSPS) is 17.2. The fourth-order valence-electron chi connectivity index (χ4n) is 2.06. The molecule has 1 fully saturated rings. The van der Waals surface area contributed by atoms with Gasteiger partial charge in [0.2, 0.25) is 5.75 Å². The fraction of sp³-hybridized carbons (Fsp3) is 0.636. The van der Waals surface area contributed by atoms with Crippen molar-refractivity contribution >= 4 is 5.82 Å². The fourth-order valence-corrected chi connectivity index (χ4v) is 2.06. The number of nitrogens with one attached hydrogen (secondary N) is 1. The zero-order valence-corrected chi connectivity index (χ0v) is 10.3. The zero-order valence-electron chi connectivity index (χ0n) is 10.3. The largest absolute Gasteiger partial charge is 0.489 e. The summed E-state index contributed by atoms with van der Waals surface area (Å²) in [5.41, 5.74) is -0.226. The number of piperazine rings is 1. The number of H-pyrrole nitrogens is 1. The highest BCUT2D eigenvalue weighted by molar-refractivity contribution is 5.50. The van der Waals surface area contributed by atoms with E-state index in [9.17, 15) is 4.79 Å². The summed E-state index contributed by atoms with van der Waals surface area (Å²) >= 11 is 0. The Hall–Kier alpha value is -1.56. The van der Waals surface area contributed by atoms with Crippen LogP contribution in [-0.2, 0) is 0 Å². The molecule has 6 heteroatoms. The number of likely N-dealkylation sites (N-methyl/N-ethyl adjacent to an activating group) is 1. The minimum Gasteiger partial charge on any atom is -0.489 e. The highest BCUT2D eigenvalue weighted by atomic mass is 16.5. The van der Waals surface area contributed by atoms with Gasteiger partial charge in [0.15, 0.2) is 5.82 Å². The van der Waals surface area contributed by atoms with Crippen LogP contribution in [0.2, 0.25) is 0 Å². The Labute approximate surface area is 100 Å². The van der Waals surface area contributed by atoms with Gasteiger partial charge in [-0.05, 0) is 6.54 Å².